The van der Waals surface area contributed by atoms with Crippen molar-refractivity contribution in [2.75, 3.05) is 18.6 Å². The van der Waals surface area contributed by atoms with E-state index >= 15 is 0 Å². The lowest BCUT2D eigenvalue weighted by Crippen LogP contribution is -2.43. The van der Waals surface area contributed by atoms with Crippen LogP contribution in [0.2, 0.25) is 0 Å². The number of nitrogens with two attached hydrogens (primary N) is 1. The predicted molar refractivity (Wildman–Crippen MR) is 43.7 cm³/mol. The van der Waals surface area contributed by atoms with Crippen LogP contribution >= 0.6 is 0 Å². The minimum atomic E-state index is -3.19. The second-order valence-electron chi connectivity index (χ2n) is 2.47. The average molecular weight is 196 g/mol. The normalized spacial score (nSPS) is 13.8. The Hall–Kier alpha value is -0.820. The first-order chi connectivity index (χ1) is 5.35. The Morgan fingerprint density at radius 1 is 1.67 bits per heavy atom. The van der Waals surface area contributed by atoms with Gasteiger partial charge in [-0.3, -0.25) is 0 Å². The van der Waals surface area contributed by atoms with E-state index in [4.69, 9.17) is 10.8 Å². The number of nitrogens with one attached hydrogen (secondary N) is 1. The Morgan fingerprint density at radius 3 is 2.42 bits per heavy atom. The van der Waals surface area contributed by atoms with E-state index in [2.05, 4.69) is 0 Å². The fourth-order valence-corrected chi connectivity index (χ4v) is 1.66. The largest absolute Gasteiger partial charge is 0.465 e. The van der Waals surface area contributed by atoms with Crippen molar-refractivity contribution in [2.45, 2.75) is 6.04 Å². The SMILES string of the molecule is CS(=O)(=O)CC(CN)NC(=O)O. The van der Waals surface area contributed by atoms with Gasteiger partial charge in [-0.2, -0.15) is 0 Å². The van der Waals surface area contributed by atoms with E-state index in [-0.39, 0.29) is 12.3 Å². The summed E-state index contributed by atoms with van der Waals surface area (Å²) in [6.45, 7) is -0.0284. The molecule has 0 aliphatic rings. The van der Waals surface area contributed by atoms with Crippen molar-refractivity contribution in [3.63, 3.8) is 0 Å². The summed E-state index contributed by atoms with van der Waals surface area (Å²) >= 11 is 0. The highest BCUT2D eigenvalue weighted by Gasteiger charge is 2.15. The Morgan fingerprint density at radius 2 is 2.17 bits per heavy atom. The fraction of sp³-hybridized carbons (Fsp3) is 0.800. The zero-order chi connectivity index (χ0) is 9.78. The predicted octanol–water partition coefficient (Wildman–Crippen LogP) is -1.37. The molecule has 4 N–H and O–H groups in total. The lowest BCUT2D eigenvalue weighted by Gasteiger charge is -2.12. The van der Waals surface area contributed by atoms with Crippen molar-refractivity contribution >= 4 is 15.9 Å². The maximum Gasteiger partial charge on any atom is 0.404 e. The van der Waals surface area contributed by atoms with Crippen LogP contribution in [0.5, 0.6) is 0 Å². The lowest BCUT2D eigenvalue weighted by atomic mass is 10.3. The number of sulfone groups is 1. The topological polar surface area (TPSA) is 109 Å². The third-order valence-electron chi connectivity index (χ3n) is 1.12. The molecule has 0 aliphatic heterocycles. The molecule has 0 rings (SSSR count). The van der Waals surface area contributed by atoms with Crippen molar-refractivity contribution in [3.8, 4) is 0 Å². The number of rotatable bonds is 4. The number of hydrogen-bond donors (Lipinski definition) is 3. The molecule has 0 aromatic carbocycles. The molecule has 1 atom stereocenters. The summed E-state index contributed by atoms with van der Waals surface area (Å²) in [4.78, 5) is 10.1. The molecule has 0 spiro atoms. The van der Waals surface area contributed by atoms with Crippen molar-refractivity contribution in [2.24, 2.45) is 5.73 Å². The second-order valence-corrected chi connectivity index (χ2v) is 4.66. The van der Waals surface area contributed by atoms with Crippen LogP contribution in [0.3, 0.4) is 0 Å². The first-order valence-corrected chi connectivity index (χ1v) is 5.28. The van der Waals surface area contributed by atoms with Crippen LogP contribution < -0.4 is 11.1 Å². The molecule has 0 fully saturated rings. The van der Waals surface area contributed by atoms with Gasteiger partial charge in [-0.15, -0.1) is 0 Å². The van der Waals surface area contributed by atoms with Crippen molar-refractivity contribution in [1.82, 2.24) is 5.32 Å². The first-order valence-electron chi connectivity index (χ1n) is 3.22. The molecule has 0 aliphatic carbocycles. The summed E-state index contributed by atoms with van der Waals surface area (Å²) in [5.41, 5.74) is 5.14. The highest BCUT2D eigenvalue weighted by molar-refractivity contribution is 7.90. The maximum atomic E-state index is 10.7. The summed E-state index contributed by atoms with van der Waals surface area (Å²) in [5.74, 6) is -0.268. The van der Waals surface area contributed by atoms with Crippen LogP contribution in [0.15, 0.2) is 0 Å². The number of amides is 1. The molecular weight excluding hydrogens is 184 g/mol. The standard InChI is InChI=1S/C5H12N2O4S/c1-12(10,11)3-4(2-6)7-5(8)9/h4,7H,2-3,6H2,1H3,(H,8,9). The van der Waals surface area contributed by atoms with Crippen LogP contribution in [0.25, 0.3) is 0 Å². The van der Waals surface area contributed by atoms with E-state index in [1.165, 1.54) is 0 Å². The average Bonchev–Trinajstić information content (AvgIpc) is 1.82. The zero-order valence-electron chi connectivity index (χ0n) is 6.65. The van der Waals surface area contributed by atoms with E-state index in [1.807, 2.05) is 5.32 Å². The smallest absolute Gasteiger partial charge is 0.404 e. The van der Waals surface area contributed by atoms with E-state index in [1.54, 1.807) is 0 Å². The van der Waals surface area contributed by atoms with Crippen molar-refractivity contribution in [1.29, 1.82) is 0 Å². The molecule has 0 radical (unpaired) electrons. The van der Waals surface area contributed by atoms with Gasteiger partial charge in [0, 0.05) is 12.8 Å². The highest BCUT2D eigenvalue weighted by Crippen LogP contribution is 1.89. The Balaban J connectivity index is 4.10. The van der Waals surface area contributed by atoms with Gasteiger partial charge in [0.15, 0.2) is 0 Å². The van der Waals surface area contributed by atoms with Crippen molar-refractivity contribution < 1.29 is 18.3 Å². The van der Waals surface area contributed by atoms with E-state index in [0.29, 0.717) is 0 Å². The minimum absolute atomic E-state index is 0.0284. The Bertz CT molecular complexity index is 248. The van der Waals surface area contributed by atoms with Gasteiger partial charge in [-0.1, -0.05) is 0 Å². The maximum absolute atomic E-state index is 10.7. The van der Waals surface area contributed by atoms with Gasteiger partial charge in [0.05, 0.1) is 11.8 Å². The summed E-state index contributed by atoms with van der Waals surface area (Å²) in [5, 5.41) is 10.2. The fourth-order valence-electron chi connectivity index (χ4n) is 0.709. The van der Waals surface area contributed by atoms with Gasteiger partial charge in [0.2, 0.25) is 0 Å². The molecule has 1 unspecified atom stereocenters. The van der Waals surface area contributed by atoms with E-state index < -0.39 is 22.0 Å². The number of carboxylic acid groups (broad SMARTS) is 1. The van der Waals surface area contributed by atoms with E-state index in [0.717, 1.165) is 6.26 Å². The monoisotopic (exact) mass is 196 g/mol. The zero-order valence-corrected chi connectivity index (χ0v) is 7.47. The molecule has 0 saturated heterocycles. The van der Waals surface area contributed by atoms with Gasteiger partial charge >= 0.3 is 6.09 Å². The molecule has 0 aromatic rings. The molecule has 7 heteroatoms. The molecule has 0 bridgehead atoms. The van der Waals surface area contributed by atoms with Crippen LogP contribution in [0, 0.1) is 0 Å². The molecule has 12 heavy (non-hydrogen) atoms. The van der Waals surface area contributed by atoms with Gasteiger partial charge in [0.1, 0.15) is 9.84 Å². The van der Waals surface area contributed by atoms with Gasteiger partial charge < -0.3 is 16.2 Å². The number of carbonyl (C=O) groups is 1. The van der Waals surface area contributed by atoms with Gasteiger partial charge in [0.25, 0.3) is 0 Å². The molecular formula is C5H12N2O4S. The van der Waals surface area contributed by atoms with Crippen LogP contribution in [-0.4, -0.2) is 44.2 Å². The third kappa shape index (κ3) is 5.93. The second kappa shape index (κ2) is 4.27. The molecule has 0 saturated carbocycles. The summed E-state index contributed by atoms with van der Waals surface area (Å²) in [6.07, 6.45) is -0.242. The van der Waals surface area contributed by atoms with Gasteiger partial charge in [-0.25, -0.2) is 13.2 Å². The molecule has 72 valence electrons. The van der Waals surface area contributed by atoms with Crippen LogP contribution in [-0.2, 0) is 9.84 Å². The lowest BCUT2D eigenvalue weighted by molar-refractivity contribution is 0.191. The molecule has 6 nitrogen and oxygen atoms in total. The van der Waals surface area contributed by atoms with Gasteiger partial charge in [-0.05, 0) is 0 Å². The molecule has 0 heterocycles. The quantitative estimate of drug-likeness (QED) is 0.513. The molecule has 0 aromatic heterocycles. The summed E-state index contributed by atoms with van der Waals surface area (Å²) in [6, 6.07) is -0.725. The summed E-state index contributed by atoms with van der Waals surface area (Å²) in [7, 11) is -3.19. The van der Waals surface area contributed by atoms with Crippen LogP contribution in [0.4, 0.5) is 4.79 Å². The minimum Gasteiger partial charge on any atom is -0.465 e. The third-order valence-corrected chi connectivity index (χ3v) is 2.12. The van der Waals surface area contributed by atoms with Crippen molar-refractivity contribution in [3.05, 3.63) is 0 Å². The number of hydrogen-bond acceptors (Lipinski definition) is 4. The van der Waals surface area contributed by atoms with E-state index in [9.17, 15) is 13.2 Å². The Kier molecular flexibility index (Phi) is 3.98. The molecule has 1 amide bonds. The highest BCUT2D eigenvalue weighted by atomic mass is 32.2. The first kappa shape index (κ1) is 11.2. The Labute approximate surface area is 70.7 Å². The van der Waals surface area contributed by atoms with Crippen LogP contribution in [0.1, 0.15) is 0 Å². The summed E-state index contributed by atoms with van der Waals surface area (Å²) < 4.78 is 21.4.